The van der Waals surface area contributed by atoms with Gasteiger partial charge in [0.25, 0.3) is 0 Å². The number of benzene rings is 2. The van der Waals surface area contributed by atoms with Gasteiger partial charge in [-0.15, -0.1) is 0 Å². The van der Waals surface area contributed by atoms with Gasteiger partial charge >= 0.3 is 50.1 Å². The summed E-state index contributed by atoms with van der Waals surface area (Å²) in [6.45, 7) is 0.795. The fourth-order valence-electron chi connectivity index (χ4n) is 4.33. The summed E-state index contributed by atoms with van der Waals surface area (Å²) in [7, 11) is 0. The van der Waals surface area contributed by atoms with Crippen LogP contribution in [0.2, 0.25) is 0 Å². The van der Waals surface area contributed by atoms with Gasteiger partial charge in [-0.25, -0.2) is 0 Å². The van der Waals surface area contributed by atoms with E-state index in [1.807, 2.05) is 0 Å². The van der Waals surface area contributed by atoms with Crippen LogP contribution in [0.25, 0.3) is 0 Å². The summed E-state index contributed by atoms with van der Waals surface area (Å²) in [5, 5.41) is 20.6. The van der Waals surface area contributed by atoms with Crippen molar-refractivity contribution in [2.24, 2.45) is 0 Å². The number of rotatable bonds is 8. The molecule has 0 saturated carbocycles. The van der Waals surface area contributed by atoms with Gasteiger partial charge in [0.05, 0.1) is 48.5 Å². The Morgan fingerprint density at radius 3 is 1.41 bits per heavy atom. The first-order valence-corrected chi connectivity index (χ1v) is 12.2. The van der Waals surface area contributed by atoms with Crippen LogP contribution in [0, 0.1) is 0 Å². The number of hydrogen-bond acceptors (Lipinski definition) is 8. The van der Waals surface area contributed by atoms with E-state index in [0.29, 0.717) is 50.4 Å². The third-order valence-electron chi connectivity index (χ3n) is 6.24. The van der Waals surface area contributed by atoms with Crippen LogP contribution < -0.4 is 20.0 Å². The van der Waals surface area contributed by atoms with Gasteiger partial charge in [-0.2, -0.15) is 26.3 Å². The van der Waals surface area contributed by atoms with Gasteiger partial charge in [0.2, 0.25) is 0 Å². The number of carbonyl (C=O) groups is 2. The first-order valence-electron chi connectivity index (χ1n) is 12.2. The number of carbonyl (C=O) groups excluding carboxylic acids is 2. The molecule has 0 N–H and O–H groups in total. The van der Waals surface area contributed by atoms with Crippen LogP contribution in [0.5, 0.6) is 0 Å². The van der Waals surface area contributed by atoms with Gasteiger partial charge in [-0.3, -0.25) is 0 Å². The molecule has 2 atom stereocenters. The summed E-state index contributed by atoms with van der Waals surface area (Å²) in [5.41, 5.74) is -0.484. The summed E-state index contributed by atoms with van der Waals surface area (Å²) in [4.78, 5) is 24.1. The van der Waals surface area contributed by atoms with E-state index in [1.165, 1.54) is 12.1 Å². The van der Waals surface area contributed by atoms with Crippen molar-refractivity contribution in [1.29, 1.82) is 0 Å². The molecule has 0 bridgehead atoms. The second kappa shape index (κ2) is 15.3. The van der Waals surface area contributed by atoms with Crippen molar-refractivity contribution >= 4 is 61.1 Å². The van der Waals surface area contributed by atoms with Gasteiger partial charge in [0.15, 0.2) is 0 Å². The number of carboxylic acid groups (broad SMARTS) is 2. The zero-order valence-electron chi connectivity index (χ0n) is 21.7. The molecule has 41 heavy (non-hydrogen) atoms. The van der Waals surface area contributed by atoms with Crippen LogP contribution in [-0.4, -0.2) is 101 Å². The van der Waals surface area contributed by atoms with E-state index in [4.69, 9.17) is 9.47 Å². The van der Waals surface area contributed by atoms with Crippen molar-refractivity contribution in [2.45, 2.75) is 37.4 Å². The fraction of sp³-hybridized carbons (Fsp3) is 0.462. The summed E-state index contributed by atoms with van der Waals surface area (Å²) in [5.74, 6) is -2.61. The summed E-state index contributed by atoms with van der Waals surface area (Å²) in [6.07, 6.45) is -8.21. The zero-order valence-corrected chi connectivity index (χ0v) is 24.0. The molecule has 2 aliphatic heterocycles. The number of nitrogens with zero attached hydrogens (tertiary/aromatic N) is 2. The smallest absolute Gasteiger partial charge is 0.548 e. The second-order valence-electron chi connectivity index (χ2n) is 9.18. The molecule has 2 fully saturated rings. The normalized spacial score (nSPS) is 18.9. The van der Waals surface area contributed by atoms with E-state index in [-0.39, 0.29) is 49.9 Å². The molecule has 2 aliphatic rings. The fourth-order valence-corrected chi connectivity index (χ4v) is 4.33. The van der Waals surface area contributed by atoms with Crippen LogP contribution >= 0.6 is 0 Å². The Bertz CT molecular complexity index is 1080. The zero-order chi connectivity index (χ0) is 29.5. The van der Waals surface area contributed by atoms with Crippen LogP contribution in [0.4, 0.5) is 37.7 Å². The summed E-state index contributed by atoms with van der Waals surface area (Å²) >= 11 is 0. The average Bonchev–Trinajstić information content (AvgIpc) is 3.56. The van der Waals surface area contributed by atoms with Crippen molar-refractivity contribution in [3.05, 3.63) is 59.7 Å². The Morgan fingerprint density at radius 2 is 1.10 bits per heavy atom. The van der Waals surface area contributed by atoms with Crippen LogP contribution in [0.3, 0.4) is 0 Å². The van der Waals surface area contributed by atoms with Gasteiger partial charge in [-0.1, -0.05) is 12.1 Å². The Balaban J connectivity index is 0.000000280. The van der Waals surface area contributed by atoms with Crippen molar-refractivity contribution in [3.63, 3.8) is 0 Å². The molecule has 0 aromatic heterocycles. The van der Waals surface area contributed by atoms with Crippen molar-refractivity contribution in [1.82, 2.24) is 0 Å². The maximum absolute atomic E-state index is 12.6. The topological polar surface area (TPSA) is 105 Å². The Kier molecular flexibility index (Phi) is 13.0. The minimum atomic E-state index is -4.37. The predicted octanol–water partition coefficient (Wildman–Crippen LogP) is 1.72. The largest absolute Gasteiger partial charge is 2.00 e. The summed E-state index contributed by atoms with van der Waals surface area (Å²) in [6, 6.07) is 10.1. The predicted molar refractivity (Wildman–Crippen MR) is 132 cm³/mol. The van der Waals surface area contributed by atoms with Gasteiger partial charge < -0.3 is 39.1 Å². The molecule has 15 heteroatoms. The number of hydrogen-bond donors (Lipinski definition) is 0. The van der Waals surface area contributed by atoms with E-state index < -0.39 is 48.6 Å². The number of alkyl halides is 6. The van der Waals surface area contributed by atoms with Crippen molar-refractivity contribution in [2.75, 3.05) is 49.2 Å². The Labute approximate surface area is 261 Å². The quantitative estimate of drug-likeness (QED) is 0.326. The molecule has 0 radical (unpaired) electrons. The van der Waals surface area contributed by atoms with Crippen molar-refractivity contribution < 1.29 is 55.6 Å². The number of anilines is 2. The number of ether oxygens (including phenoxy) is 2. The molecule has 2 unspecified atom stereocenters. The minimum absolute atomic E-state index is 0. The molecular weight excluding hydrogens is 590 g/mol. The SMILES string of the molecule is O=C([O-])COC1CCN(c2cccc(C(F)(F)F)c2)C1.O=C([O-])COC1CCN(c2cccc(C(F)(F)F)c2)C1.[Ca+2]. The number of halogens is 6. The number of aliphatic carboxylic acids is 2. The maximum atomic E-state index is 12.6. The maximum Gasteiger partial charge on any atom is 2.00 e. The van der Waals surface area contributed by atoms with E-state index in [2.05, 4.69) is 0 Å². The summed E-state index contributed by atoms with van der Waals surface area (Å²) < 4.78 is 85.9. The van der Waals surface area contributed by atoms with E-state index in [0.717, 1.165) is 24.3 Å². The molecule has 8 nitrogen and oxygen atoms in total. The number of carboxylic acids is 2. The monoisotopic (exact) mass is 616 g/mol. The molecule has 4 rings (SSSR count). The van der Waals surface area contributed by atoms with Crippen LogP contribution in [0.1, 0.15) is 24.0 Å². The third-order valence-corrected chi connectivity index (χ3v) is 6.24. The first kappa shape index (κ1) is 34.9. The van der Waals surface area contributed by atoms with E-state index in [9.17, 15) is 46.1 Å². The third kappa shape index (κ3) is 11.2. The van der Waals surface area contributed by atoms with Crippen LogP contribution in [0.15, 0.2) is 48.5 Å². The first-order chi connectivity index (χ1) is 18.7. The second-order valence-corrected chi connectivity index (χ2v) is 9.18. The molecule has 2 heterocycles. The average molecular weight is 617 g/mol. The van der Waals surface area contributed by atoms with E-state index >= 15 is 0 Å². The Hall–Kier alpha value is -2.26. The molecule has 2 saturated heterocycles. The van der Waals surface area contributed by atoms with Gasteiger partial charge in [-0.05, 0) is 49.2 Å². The van der Waals surface area contributed by atoms with E-state index in [1.54, 1.807) is 21.9 Å². The van der Waals surface area contributed by atoms with Gasteiger partial charge in [0, 0.05) is 37.6 Å². The molecule has 0 aliphatic carbocycles. The molecule has 220 valence electrons. The molecular formula is C26H26CaF6N2O6. The standard InChI is InChI=1S/2C13H14F3NO3.Ca/c2*14-13(15,16)9-2-1-3-10(6-9)17-5-4-11(7-17)20-8-12(18)19;/h2*1-3,6,11H,4-5,7-8H2,(H,18,19);/q;;+2/p-2. The Morgan fingerprint density at radius 1 is 0.732 bits per heavy atom. The van der Waals surface area contributed by atoms with Crippen LogP contribution in [-0.2, 0) is 31.4 Å². The molecule has 2 aromatic carbocycles. The minimum Gasteiger partial charge on any atom is -0.548 e. The molecule has 0 amide bonds. The van der Waals surface area contributed by atoms with Crippen molar-refractivity contribution in [3.8, 4) is 0 Å². The molecule has 0 spiro atoms. The molecule has 2 aromatic rings. The van der Waals surface area contributed by atoms with Gasteiger partial charge in [0.1, 0.15) is 0 Å².